The third-order valence-electron chi connectivity index (χ3n) is 7.35. The number of carboxylic acids is 1. The molecular weight excluding hydrogens is 671 g/mol. The molecule has 3 N–H and O–H groups in total. The number of carbonyl (C=O) groups is 2. The van der Waals surface area contributed by atoms with E-state index in [0.29, 0.717) is 57.8 Å². The van der Waals surface area contributed by atoms with Gasteiger partial charge in [0.25, 0.3) is 0 Å². The minimum absolute atomic E-state index is 0.00362. The van der Waals surface area contributed by atoms with Crippen molar-refractivity contribution in [3.05, 3.63) is 85.8 Å². The summed E-state index contributed by atoms with van der Waals surface area (Å²) in [6.45, 7) is 4.82. The van der Waals surface area contributed by atoms with Crippen LogP contribution in [0.25, 0.3) is 0 Å². The van der Waals surface area contributed by atoms with E-state index in [1.165, 1.54) is 0 Å². The fourth-order valence-electron chi connectivity index (χ4n) is 4.83. The molecule has 2 unspecified atom stereocenters. The average molecular weight is 708 g/mol. The number of carbonyl (C=O) groups excluding carboxylic acids is 1. The van der Waals surface area contributed by atoms with Crippen LogP contribution in [0.3, 0.4) is 0 Å². The van der Waals surface area contributed by atoms with Gasteiger partial charge in [0.2, 0.25) is 5.91 Å². The van der Waals surface area contributed by atoms with Gasteiger partial charge in [-0.25, -0.2) is 4.79 Å². The molecule has 236 valence electrons. The monoisotopic (exact) mass is 706 g/mol. The quantitative estimate of drug-likeness (QED) is 0.153. The van der Waals surface area contributed by atoms with Gasteiger partial charge in [0.05, 0.1) is 20.4 Å². The Morgan fingerprint density at radius 1 is 1.07 bits per heavy atom. The van der Waals surface area contributed by atoms with Gasteiger partial charge < -0.3 is 30.0 Å². The van der Waals surface area contributed by atoms with Gasteiger partial charge in [-0.1, -0.05) is 54.4 Å². The number of hydrogen-bond donors (Lipinski definition) is 2. The third kappa shape index (κ3) is 9.03. The molecule has 0 spiro atoms. The third-order valence-corrected chi connectivity index (χ3v) is 8.81. The lowest BCUT2D eigenvalue weighted by Gasteiger charge is -2.28. The van der Waals surface area contributed by atoms with E-state index in [0.717, 1.165) is 29.5 Å². The fraction of sp³-hybridized carbons (Fsp3) is 0.394. The molecule has 1 amide bonds. The number of ether oxygens (including phenoxy) is 3. The smallest absolute Gasteiger partial charge is 0.344 e. The van der Waals surface area contributed by atoms with Gasteiger partial charge in [0, 0.05) is 19.1 Å². The molecule has 0 bridgehead atoms. The van der Waals surface area contributed by atoms with Crippen molar-refractivity contribution in [3.8, 4) is 17.2 Å². The van der Waals surface area contributed by atoms with Gasteiger partial charge in [-0.15, -0.1) is 0 Å². The number of nitrogens with zero attached hydrogens (tertiary/aromatic N) is 1. The van der Waals surface area contributed by atoms with Crippen LogP contribution in [0, 0.1) is 12.8 Å². The van der Waals surface area contributed by atoms with Gasteiger partial charge in [-0.05, 0) is 95.6 Å². The fourth-order valence-corrected chi connectivity index (χ4v) is 6.02. The highest BCUT2D eigenvalue weighted by Crippen LogP contribution is 2.36. The lowest BCUT2D eigenvalue weighted by atomic mass is 9.97. The van der Waals surface area contributed by atoms with Crippen molar-refractivity contribution in [3.63, 3.8) is 0 Å². The Morgan fingerprint density at radius 2 is 1.73 bits per heavy atom. The number of hydrogen-bond acceptors (Lipinski definition) is 6. The van der Waals surface area contributed by atoms with Crippen molar-refractivity contribution in [2.24, 2.45) is 11.7 Å². The van der Waals surface area contributed by atoms with Crippen molar-refractivity contribution in [1.29, 1.82) is 0 Å². The largest absolute Gasteiger partial charge is 0.490 e. The Balaban J connectivity index is 1.34. The molecule has 0 aromatic heterocycles. The lowest BCUT2D eigenvalue weighted by molar-refractivity contribution is -0.145. The van der Waals surface area contributed by atoms with Crippen LogP contribution in [-0.2, 0) is 22.6 Å². The summed E-state index contributed by atoms with van der Waals surface area (Å²) in [6.07, 6.45) is 1.74. The van der Waals surface area contributed by atoms with E-state index in [1.807, 2.05) is 48.2 Å². The van der Waals surface area contributed by atoms with Crippen LogP contribution < -0.4 is 19.9 Å². The van der Waals surface area contributed by atoms with Crippen LogP contribution >= 0.6 is 39.1 Å². The van der Waals surface area contributed by atoms with Gasteiger partial charge in [-0.3, -0.25) is 4.79 Å². The summed E-state index contributed by atoms with van der Waals surface area (Å²) < 4.78 is 17.9. The van der Waals surface area contributed by atoms with Gasteiger partial charge in [0.1, 0.15) is 24.7 Å². The number of benzene rings is 3. The molecule has 4 rings (SSSR count). The first-order valence-corrected chi connectivity index (χ1v) is 16.1. The second-order valence-electron chi connectivity index (χ2n) is 10.8. The van der Waals surface area contributed by atoms with Gasteiger partial charge >= 0.3 is 5.97 Å². The van der Waals surface area contributed by atoms with Gasteiger partial charge in [-0.2, -0.15) is 0 Å². The van der Waals surface area contributed by atoms with Gasteiger partial charge in [0.15, 0.2) is 11.9 Å². The van der Waals surface area contributed by atoms with E-state index in [1.54, 1.807) is 25.1 Å². The van der Waals surface area contributed by atoms with Crippen LogP contribution in [0.15, 0.2) is 59.1 Å². The summed E-state index contributed by atoms with van der Waals surface area (Å²) in [7, 11) is 0. The number of aryl methyl sites for hydroxylation is 1. The van der Waals surface area contributed by atoms with Crippen molar-refractivity contribution in [2.45, 2.75) is 58.2 Å². The molecule has 44 heavy (non-hydrogen) atoms. The lowest BCUT2D eigenvalue weighted by Crippen LogP contribution is -2.41. The molecule has 0 heterocycles. The Bertz CT molecular complexity index is 1430. The number of rotatable bonds is 16. The Kier molecular flexibility index (Phi) is 12.2. The normalized spacial score (nSPS) is 14.0. The number of halogens is 3. The Morgan fingerprint density at radius 3 is 2.32 bits per heavy atom. The second kappa shape index (κ2) is 15.8. The molecule has 0 aliphatic heterocycles. The van der Waals surface area contributed by atoms with Crippen LogP contribution in [0.4, 0.5) is 0 Å². The van der Waals surface area contributed by atoms with E-state index < -0.39 is 18.0 Å². The predicted molar refractivity (Wildman–Crippen MR) is 175 cm³/mol. The standard InChI is InChI=1S/C33H37BrCl2N2O6/c1-3-28(33(40)41)44-29-6-4-5-22(30(29)34)19-38(24-9-10-24)32(39)23(18-37)17-21-7-11-25(12-8-21)42-13-14-43-31-26(35)15-20(2)16-27(31)36/h4-8,11-12,15-16,23-24,28H,3,9-10,13-14,17-19,37H2,1-2H3,(H,40,41). The summed E-state index contributed by atoms with van der Waals surface area (Å²) in [6, 6.07) is 16.8. The summed E-state index contributed by atoms with van der Waals surface area (Å²) in [5, 5.41) is 10.3. The van der Waals surface area contributed by atoms with E-state index in [4.69, 9.17) is 43.1 Å². The first kappa shape index (κ1) is 33.9. The molecular formula is C33H37BrCl2N2O6. The molecule has 3 aromatic carbocycles. The van der Waals surface area contributed by atoms with E-state index in [2.05, 4.69) is 15.9 Å². The summed E-state index contributed by atoms with van der Waals surface area (Å²) >= 11 is 16.1. The highest BCUT2D eigenvalue weighted by Gasteiger charge is 2.36. The van der Waals surface area contributed by atoms with Crippen LogP contribution in [0.1, 0.15) is 42.9 Å². The second-order valence-corrected chi connectivity index (χ2v) is 12.4. The highest BCUT2D eigenvalue weighted by molar-refractivity contribution is 9.10. The molecule has 3 aromatic rings. The minimum Gasteiger partial charge on any atom is -0.490 e. The molecule has 1 saturated carbocycles. The van der Waals surface area contributed by atoms with Crippen LogP contribution in [-0.4, -0.2) is 53.8 Å². The van der Waals surface area contributed by atoms with Crippen molar-refractivity contribution < 1.29 is 28.9 Å². The van der Waals surface area contributed by atoms with E-state index in [-0.39, 0.29) is 25.1 Å². The van der Waals surface area contributed by atoms with Crippen molar-refractivity contribution in [1.82, 2.24) is 4.90 Å². The maximum atomic E-state index is 13.8. The predicted octanol–water partition coefficient (Wildman–Crippen LogP) is 7.07. The first-order chi connectivity index (χ1) is 21.1. The zero-order valence-corrected chi connectivity index (χ0v) is 27.8. The zero-order chi connectivity index (χ0) is 31.8. The number of nitrogens with two attached hydrogens (primary N) is 1. The van der Waals surface area contributed by atoms with Crippen LogP contribution in [0.5, 0.6) is 17.2 Å². The maximum absolute atomic E-state index is 13.8. The molecule has 1 fully saturated rings. The Hall–Kier alpha value is -2.98. The molecule has 0 radical (unpaired) electrons. The summed E-state index contributed by atoms with van der Waals surface area (Å²) in [5.41, 5.74) is 8.90. The maximum Gasteiger partial charge on any atom is 0.344 e. The molecule has 0 saturated heterocycles. The Labute approximate surface area is 276 Å². The number of amides is 1. The average Bonchev–Trinajstić information content (AvgIpc) is 3.83. The topological polar surface area (TPSA) is 111 Å². The highest BCUT2D eigenvalue weighted by atomic mass is 79.9. The van der Waals surface area contributed by atoms with Crippen molar-refractivity contribution >= 4 is 51.0 Å². The summed E-state index contributed by atoms with van der Waals surface area (Å²) in [5.74, 6) is 0.131. The molecule has 1 aliphatic rings. The number of aliphatic carboxylic acids is 1. The molecule has 8 nitrogen and oxygen atoms in total. The van der Waals surface area contributed by atoms with E-state index >= 15 is 0 Å². The first-order valence-electron chi connectivity index (χ1n) is 14.6. The van der Waals surface area contributed by atoms with Crippen molar-refractivity contribution in [2.75, 3.05) is 19.8 Å². The molecule has 1 aliphatic carbocycles. The molecule has 11 heteroatoms. The summed E-state index contributed by atoms with van der Waals surface area (Å²) in [4.78, 5) is 27.1. The SMILES string of the molecule is CCC(Oc1cccc(CN(C(=O)C(CN)Cc2ccc(OCCOc3c(Cl)cc(C)cc3Cl)cc2)C2CC2)c1Br)C(=O)O. The number of carboxylic acid groups (broad SMARTS) is 1. The van der Waals surface area contributed by atoms with Crippen LogP contribution in [0.2, 0.25) is 10.0 Å². The zero-order valence-electron chi connectivity index (χ0n) is 24.7. The molecule has 2 atom stereocenters. The minimum atomic E-state index is -1.02. The van der Waals surface area contributed by atoms with E-state index in [9.17, 15) is 14.7 Å².